The average molecular weight is 173 g/mol. The van der Waals surface area contributed by atoms with Gasteiger partial charge in [0, 0.05) is 25.9 Å². The minimum Gasteiger partial charge on any atom is -0.481 e. The van der Waals surface area contributed by atoms with Gasteiger partial charge in [-0.05, 0) is 12.8 Å². The molecule has 0 radical (unpaired) electrons. The molecular formula is C8H15NO3. The van der Waals surface area contributed by atoms with Crippen LogP contribution in [-0.4, -0.2) is 34.9 Å². The number of carbonyl (C=O) groups is 1. The summed E-state index contributed by atoms with van der Waals surface area (Å²) in [5.41, 5.74) is -0.217. The second kappa shape index (κ2) is 3.41. The Morgan fingerprint density at radius 1 is 1.50 bits per heavy atom. The Bertz CT molecular complexity index is 169. The van der Waals surface area contributed by atoms with Gasteiger partial charge < -0.3 is 15.5 Å². The normalized spacial score (nSPS) is 24.8. The molecule has 0 amide bonds. The van der Waals surface area contributed by atoms with Gasteiger partial charge in [-0.25, -0.2) is 0 Å². The first kappa shape index (κ1) is 9.48. The van der Waals surface area contributed by atoms with Crippen LogP contribution >= 0.6 is 0 Å². The Hall–Kier alpha value is -0.610. The lowest BCUT2D eigenvalue weighted by Crippen LogP contribution is -2.49. The minimum atomic E-state index is -0.833. The highest BCUT2D eigenvalue weighted by atomic mass is 16.4. The first-order valence-corrected chi connectivity index (χ1v) is 4.17. The van der Waals surface area contributed by atoms with Crippen LogP contribution < -0.4 is 5.32 Å². The standard InChI is InChI=1S/C6H11NO.C2H4O2/c8-6(1-2-6)5-3-7-4-5;1-2(3)4/h5,7-8H,1-4H2;1H3,(H,3,4). The summed E-state index contributed by atoms with van der Waals surface area (Å²) in [6.07, 6.45) is 2.08. The van der Waals surface area contributed by atoms with Gasteiger partial charge in [0.05, 0.1) is 5.60 Å². The van der Waals surface area contributed by atoms with Crippen molar-refractivity contribution in [2.24, 2.45) is 5.92 Å². The number of carboxylic acids is 1. The summed E-state index contributed by atoms with van der Waals surface area (Å²) in [4.78, 5) is 9.00. The predicted octanol–water partition coefficient (Wildman–Crippen LogP) is -0.178. The lowest BCUT2D eigenvalue weighted by atomic mass is 9.94. The van der Waals surface area contributed by atoms with E-state index in [4.69, 9.17) is 9.90 Å². The van der Waals surface area contributed by atoms with Crippen molar-refractivity contribution in [3.8, 4) is 0 Å². The third-order valence-corrected chi connectivity index (χ3v) is 2.30. The van der Waals surface area contributed by atoms with Crippen molar-refractivity contribution >= 4 is 5.97 Å². The smallest absolute Gasteiger partial charge is 0.300 e. The molecule has 4 heteroatoms. The van der Waals surface area contributed by atoms with Crippen molar-refractivity contribution < 1.29 is 15.0 Å². The van der Waals surface area contributed by atoms with E-state index < -0.39 is 5.97 Å². The van der Waals surface area contributed by atoms with Gasteiger partial charge >= 0.3 is 0 Å². The number of nitrogens with one attached hydrogen (secondary N) is 1. The van der Waals surface area contributed by atoms with Crippen LogP contribution in [0.3, 0.4) is 0 Å². The monoisotopic (exact) mass is 173 g/mol. The van der Waals surface area contributed by atoms with E-state index in [2.05, 4.69) is 5.32 Å². The highest BCUT2D eigenvalue weighted by Crippen LogP contribution is 2.43. The average Bonchev–Trinajstić information content (AvgIpc) is 2.40. The number of hydrogen-bond donors (Lipinski definition) is 3. The van der Waals surface area contributed by atoms with Gasteiger partial charge in [0.2, 0.25) is 0 Å². The topological polar surface area (TPSA) is 69.6 Å². The van der Waals surface area contributed by atoms with Gasteiger partial charge in [-0.3, -0.25) is 4.79 Å². The van der Waals surface area contributed by atoms with Crippen molar-refractivity contribution in [2.45, 2.75) is 25.4 Å². The molecule has 0 aromatic heterocycles. The van der Waals surface area contributed by atoms with E-state index in [1.54, 1.807) is 0 Å². The van der Waals surface area contributed by atoms with Crippen LogP contribution in [0.25, 0.3) is 0 Å². The fourth-order valence-electron chi connectivity index (χ4n) is 1.20. The minimum absolute atomic E-state index is 0.217. The summed E-state index contributed by atoms with van der Waals surface area (Å²) in [6, 6.07) is 0. The molecule has 1 aliphatic heterocycles. The first-order chi connectivity index (χ1) is 5.54. The maximum Gasteiger partial charge on any atom is 0.300 e. The molecule has 0 atom stereocenters. The molecule has 1 aliphatic carbocycles. The van der Waals surface area contributed by atoms with E-state index in [-0.39, 0.29) is 5.60 Å². The summed E-state index contributed by atoms with van der Waals surface area (Å²) >= 11 is 0. The van der Waals surface area contributed by atoms with E-state index in [1.165, 1.54) is 0 Å². The van der Waals surface area contributed by atoms with Gasteiger partial charge in [0.15, 0.2) is 0 Å². The van der Waals surface area contributed by atoms with Crippen LogP contribution in [0.1, 0.15) is 19.8 Å². The largest absolute Gasteiger partial charge is 0.481 e. The lowest BCUT2D eigenvalue weighted by Gasteiger charge is -2.31. The van der Waals surface area contributed by atoms with Gasteiger partial charge in [0.25, 0.3) is 5.97 Å². The molecule has 1 saturated carbocycles. The van der Waals surface area contributed by atoms with Crippen molar-refractivity contribution in [2.75, 3.05) is 13.1 Å². The first-order valence-electron chi connectivity index (χ1n) is 4.17. The third-order valence-electron chi connectivity index (χ3n) is 2.30. The molecule has 70 valence electrons. The highest BCUT2D eigenvalue weighted by molar-refractivity contribution is 5.62. The molecule has 0 aromatic carbocycles. The van der Waals surface area contributed by atoms with Gasteiger partial charge in [-0.1, -0.05) is 0 Å². The quantitative estimate of drug-likeness (QED) is 0.514. The second-order valence-corrected chi connectivity index (χ2v) is 3.48. The zero-order valence-electron chi connectivity index (χ0n) is 7.21. The van der Waals surface area contributed by atoms with E-state index in [0.717, 1.165) is 32.9 Å². The number of carboxylic acid groups (broad SMARTS) is 1. The van der Waals surface area contributed by atoms with Crippen molar-refractivity contribution in [1.82, 2.24) is 5.32 Å². The molecule has 4 nitrogen and oxygen atoms in total. The summed E-state index contributed by atoms with van der Waals surface area (Å²) in [7, 11) is 0. The van der Waals surface area contributed by atoms with Crippen molar-refractivity contribution in [3.05, 3.63) is 0 Å². The molecular weight excluding hydrogens is 158 g/mol. The zero-order chi connectivity index (χ0) is 9.19. The summed E-state index contributed by atoms with van der Waals surface area (Å²) < 4.78 is 0. The number of aliphatic carboxylic acids is 1. The van der Waals surface area contributed by atoms with Gasteiger partial charge in [0.1, 0.15) is 0 Å². The van der Waals surface area contributed by atoms with Gasteiger partial charge in [-0.2, -0.15) is 0 Å². The van der Waals surface area contributed by atoms with Crippen LogP contribution in [0.15, 0.2) is 0 Å². The molecule has 1 heterocycles. The van der Waals surface area contributed by atoms with Crippen LogP contribution in [0.5, 0.6) is 0 Å². The maximum atomic E-state index is 9.41. The molecule has 2 rings (SSSR count). The Labute approximate surface area is 71.6 Å². The molecule has 0 bridgehead atoms. The van der Waals surface area contributed by atoms with Crippen LogP contribution in [-0.2, 0) is 4.79 Å². The van der Waals surface area contributed by atoms with E-state index in [0.29, 0.717) is 5.92 Å². The fourth-order valence-corrected chi connectivity index (χ4v) is 1.20. The summed E-state index contributed by atoms with van der Waals surface area (Å²) in [5, 5.41) is 20.0. The molecule has 2 fully saturated rings. The van der Waals surface area contributed by atoms with Crippen LogP contribution in [0, 0.1) is 5.92 Å². The summed E-state index contributed by atoms with van der Waals surface area (Å²) in [6.45, 7) is 3.16. The van der Waals surface area contributed by atoms with E-state index >= 15 is 0 Å². The van der Waals surface area contributed by atoms with E-state index in [9.17, 15) is 5.11 Å². The fraction of sp³-hybridized carbons (Fsp3) is 0.875. The number of rotatable bonds is 1. The molecule has 1 saturated heterocycles. The molecule has 0 spiro atoms. The predicted molar refractivity (Wildman–Crippen MR) is 43.9 cm³/mol. The Kier molecular flexibility index (Phi) is 2.69. The number of hydrogen-bond acceptors (Lipinski definition) is 3. The molecule has 2 aliphatic rings. The van der Waals surface area contributed by atoms with Crippen molar-refractivity contribution in [3.63, 3.8) is 0 Å². The Morgan fingerprint density at radius 3 is 2.00 bits per heavy atom. The van der Waals surface area contributed by atoms with Crippen LogP contribution in [0.4, 0.5) is 0 Å². The highest BCUT2D eigenvalue weighted by Gasteiger charge is 2.49. The van der Waals surface area contributed by atoms with E-state index in [1.807, 2.05) is 0 Å². The second-order valence-electron chi connectivity index (χ2n) is 3.48. The molecule has 0 aromatic rings. The zero-order valence-corrected chi connectivity index (χ0v) is 7.21. The van der Waals surface area contributed by atoms with Crippen LogP contribution in [0.2, 0.25) is 0 Å². The van der Waals surface area contributed by atoms with Crippen molar-refractivity contribution in [1.29, 1.82) is 0 Å². The lowest BCUT2D eigenvalue weighted by molar-refractivity contribution is -0.134. The molecule has 0 unspecified atom stereocenters. The Morgan fingerprint density at radius 2 is 1.92 bits per heavy atom. The van der Waals surface area contributed by atoms with Gasteiger partial charge in [-0.15, -0.1) is 0 Å². The SMILES string of the molecule is CC(=O)O.OC1(C2CNC2)CC1. The summed E-state index contributed by atoms with van der Waals surface area (Å²) in [5.74, 6) is -0.248. The molecule has 3 N–H and O–H groups in total. The third kappa shape index (κ3) is 2.46. The molecule has 12 heavy (non-hydrogen) atoms. The Balaban J connectivity index is 0.000000157. The maximum absolute atomic E-state index is 9.41. The number of aliphatic hydroxyl groups is 1.